The number of benzene rings is 3. The molecule has 156 valence electrons. The second-order valence-electron chi connectivity index (χ2n) is 6.47. The first-order chi connectivity index (χ1) is 13.4. The quantitative estimate of drug-likeness (QED) is 0.272. The summed E-state index contributed by atoms with van der Waals surface area (Å²) in [7, 11) is 0. The first kappa shape index (κ1) is 24.4. The molecule has 3 aromatic carbocycles. The van der Waals surface area contributed by atoms with Gasteiger partial charge in [0.05, 0.1) is 5.56 Å². The van der Waals surface area contributed by atoms with Gasteiger partial charge in [-0.2, -0.15) is 0 Å². The highest BCUT2D eigenvalue weighted by atomic mass is 16.5. The molecule has 30 heavy (non-hydrogen) atoms. The number of hydrogen-bond donors (Lipinski definition) is 0. The third kappa shape index (κ3) is 6.17. The van der Waals surface area contributed by atoms with Crippen molar-refractivity contribution in [1.29, 1.82) is 0 Å². The Hall–Kier alpha value is -3.66. The molecule has 0 radical (unpaired) electrons. The maximum atomic E-state index is 12.2. The monoisotopic (exact) mass is 404 g/mol. The van der Waals surface area contributed by atoms with Crippen molar-refractivity contribution < 1.29 is 19.1 Å². The molecule has 0 aliphatic rings. The van der Waals surface area contributed by atoms with Gasteiger partial charge in [0, 0.05) is 5.57 Å². The van der Waals surface area contributed by atoms with Crippen LogP contribution in [-0.2, 0) is 4.79 Å². The van der Waals surface area contributed by atoms with E-state index in [-0.39, 0.29) is 14.9 Å². The standard InChI is InChI=1S/C24H20O4.2CH4/c1-16(2)23(25)27-21-12-8-18(9-13-21)19-10-14-22(15-11-19)28-24(26)20-6-4-17(3)5-7-20;;/h4-15H,1H2,2-3H3;2*1H4. The zero-order chi connectivity index (χ0) is 20.1. The molecule has 0 unspecified atom stereocenters. The lowest BCUT2D eigenvalue weighted by atomic mass is 10.1. The van der Waals surface area contributed by atoms with Gasteiger partial charge >= 0.3 is 11.9 Å². The van der Waals surface area contributed by atoms with Gasteiger partial charge < -0.3 is 9.47 Å². The molecule has 0 heterocycles. The van der Waals surface area contributed by atoms with Crippen LogP contribution in [0.2, 0.25) is 0 Å². The lowest BCUT2D eigenvalue weighted by molar-refractivity contribution is -0.130. The fourth-order valence-corrected chi connectivity index (χ4v) is 2.48. The summed E-state index contributed by atoms with van der Waals surface area (Å²) in [5.74, 6) is 0.0886. The number of carbonyl (C=O) groups is 2. The SMILES string of the molecule is C.C.C=C(C)C(=O)Oc1ccc(-c2ccc(OC(=O)c3ccc(C)cc3)cc2)cc1. The lowest BCUT2D eigenvalue weighted by Crippen LogP contribution is -2.08. The van der Waals surface area contributed by atoms with E-state index in [1.165, 1.54) is 0 Å². The van der Waals surface area contributed by atoms with Gasteiger partial charge in [-0.1, -0.05) is 63.4 Å². The molecule has 0 atom stereocenters. The highest BCUT2D eigenvalue weighted by molar-refractivity contribution is 5.91. The summed E-state index contributed by atoms with van der Waals surface area (Å²) in [6.07, 6.45) is 0. The van der Waals surface area contributed by atoms with Crippen molar-refractivity contribution in [2.75, 3.05) is 0 Å². The normalized spacial score (nSPS) is 9.53. The molecule has 0 aromatic heterocycles. The highest BCUT2D eigenvalue weighted by Gasteiger charge is 2.09. The van der Waals surface area contributed by atoms with Crippen LogP contribution in [0.5, 0.6) is 11.5 Å². The Morgan fingerprint density at radius 2 is 1.13 bits per heavy atom. The predicted octanol–water partition coefficient (Wildman–Crippen LogP) is 6.63. The first-order valence-corrected chi connectivity index (χ1v) is 8.79. The van der Waals surface area contributed by atoms with Gasteiger partial charge in [0.25, 0.3) is 0 Å². The third-order valence-electron chi connectivity index (χ3n) is 4.10. The smallest absolute Gasteiger partial charge is 0.343 e. The third-order valence-corrected chi connectivity index (χ3v) is 4.10. The van der Waals surface area contributed by atoms with E-state index in [1.807, 2.05) is 43.3 Å². The van der Waals surface area contributed by atoms with Crippen LogP contribution in [0.15, 0.2) is 84.9 Å². The van der Waals surface area contributed by atoms with Crippen LogP contribution in [0, 0.1) is 6.92 Å². The van der Waals surface area contributed by atoms with Crippen molar-refractivity contribution in [3.63, 3.8) is 0 Å². The molecule has 0 fully saturated rings. The number of ether oxygens (including phenoxy) is 2. The summed E-state index contributed by atoms with van der Waals surface area (Å²) in [4.78, 5) is 23.7. The summed E-state index contributed by atoms with van der Waals surface area (Å²) in [6.45, 7) is 7.12. The molecule has 0 aliphatic carbocycles. The van der Waals surface area contributed by atoms with Crippen LogP contribution >= 0.6 is 0 Å². The fraction of sp³-hybridized carbons (Fsp3) is 0.154. The molecule has 0 saturated carbocycles. The average Bonchev–Trinajstić information content (AvgIpc) is 2.69. The Morgan fingerprint density at radius 1 is 0.700 bits per heavy atom. The molecular weight excluding hydrogens is 376 g/mol. The van der Waals surface area contributed by atoms with Crippen LogP contribution in [0.4, 0.5) is 0 Å². The van der Waals surface area contributed by atoms with Crippen molar-refractivity contribution in [1.82, 2.24) is 0 Å². The summed E-state index contributed by atoms with van der Waals surface area (Å²) in [6, 6.07) is 21.6. The number of hydrogen-bond acceptors (Lipinski definition) is 4. The van der Waals surface area contributed by atoms with Crippen molar-refractivity contribution in [3.05, 3.63) is 96.1 Å². The number of rotatable bonds is 5. The Balaban J connectivity index is 0.00000225. The van der Waals surface area contributed by atoms with E-state index >= 15 is 0 Å². The van der Waals surface area contributed by atoms with Crippen molar-refractivity contribution in [3.8, 4) is 22.6 Å². The van der Waals surface area contributed by atoms with Crippen molar-refractivity contribution in [2.45, 2.75) is 28.7 Å². The largest absolute Gasteiger partial charge is 0.423 e. The molecule has 4 heteroatoms. The van der Waals surface area contributed by atoms with Crippen LogP contribution in [-0.4, -0.2) is 11.9 Å². The Kier molecular flexibility index (Phi) is 8.75. The lowest BCUT2D eigenvalue weighted by Gasteiger charge is -2.08. The zero-order valence-electron chi connectivity index (χ0n) is 15.8. The molecule has 4 nitrogen and oxygen atoms in total. The minimum Gasteiger partial charge on any atom is -0.423 e. The molecule has 0 N–H and O–H groups in total. The summed E-state index contributed by atoms with van der Waals surface area (Å²) in [5, 5.41) is 0. The van der Waals surface area contributed by atoms with Gasteiger partial charge in [-0.3, -0.25) is 0 Å². The van der Waals surface area contributed by atoms with Crippen molar-refractivity contribution >= 4 is 11.9 Å². The molecule has 3 aromatic rings. The van der Waals surface area contributed by atoms with E-state index in [0.29, 0.717) is 22.6 Å². The second-order valence-corrected chi connectivity index (χ2v) is 6.47. The molecule has 0 spiro atoms. The van der Waals surface area contributed by atoms with Crippen molar-refractivity contribution in [2.24, 2.45) is 0 Å². The summed E-state index contributed by atoms with van der Waals surface area (Å²) in [5.41, 5.74) is 3.84. The zero-order valence-corrected chi connectivity index (χ0v) is 15.8. The minimum absolute atomic E-state index is 0. The van der Waals surface area contributed by atoms with E-state index in [9.17, 15) is 9.59 Å². The average molecular weight is 405 g/mol. The Labute approximate surface area is 178 Å². The summed E-state index contributed by atoms with van der Waals surface area (Å²) < 4.78 is 10.6. The molecular formula is C26H28O4. The molecule has 0 bridgehead atoms. The fourth-order valence-electron chi connectivity index (χ4n) is 2.48. The molecule has 0 saturated heterocycles. The molecule has 0 amide bonds. The van der Waals surface area contributed by atoms with Gasteiger partial charge in [-0.15, -0.1) is 0 Å². The van der Waals surface area contributed by atoms with Gasteiger partial charge in [0.1, 0.15) is 11.5 Å². The van der Waals surface area contributed by atoms with E-state index in [0.717, 1.165) is 16.7 Å². The van der Waals surface area contributed by atoms with Gasteiger partial charge in [-0.25, -0.2) is 9.59 Å². The predicted molar refractivity (Wildman–Crippen MR) is 122 cm³/mol. The van der Waals surface area contributed by atoms with Gasteiger partial charge in [0.2, 0.25) is 0 Å². The maximum absolute atomic E-state index is 12.2. The van der Waals surface area contributed by atoms with Crippen LogP contribution < -0.4 is 9.47 Å². The van der Waals surface area contributed by atoms with E-state index in [2.05, 4.69) is 6.58 Å². The van der Waals surface area contributed by atoms with E-state index in [1.54, 1.807) is 43.3 Å². The second kappa shape index (κ2) is 10.8. The van der Waals surface area contributed by atoms with Crippen LogP contribution in [0.1, 0.15) is 37.7 Å². The van der Waals surface area contributed by atoms with Gasteiger partial charge in [0.15, 0.2) is 0 Å². The highest BCUT2D eigenvalue weighted by Crippen LogP contribution is 2.25. The van der Waals surface area contributed by atoms with E-state index in [4.69, 9.17) is 9.47 Å². The minimum atomic E-state index is -0.451. The number of aryl methyl sites for hydroxylation is 1. The summed E-state index contributed by atoms with van der Waals surface area (Å²) >= 11 is 0. The topological polar surface area (TPSA) is 52.6 Å². The number of esters is 2. The number of carbonyl (C=O) groups excluding carboxylic acids is 2. The molecule has 3 rings (SSSR count). The van der Waals surface area contributed by atoms with Gasteiger partial charge in [-0.05, 0) is 61.4 Å². The first-order valence-electron chi connectivity index (χ1n) is 8.79. The molecule has 0 aliphatic heterocycles. The Morgan fingerprint density at radius 3 is 1.57 bits per heavy atom. The van der Waals surface area contributed by atoms with Crippen LogP contribution in [0.3, 0.4) is 0 Å². The van der Waals surface area contributed by atoms with E-state index < -0.39 is 11.9 Å². The van der Waals surface area contributed by atoms with Crippen LogP contribution in [0.25, 0.3) is 11.1 Å². The Bertz CT molecular complexity index is 998. The maximum Gasteiger partial charge on any atom is 0.343 e.